The second-order valence-corrected chi connectivity index (χ2v) is 9.85. The Kier molecular flexibility index (Phi) is 7.20. The third-order valence-corrected chi connectivity index (χ3v) is 7.51. The van der Waals surface area contributed by atoms with Crippen LogP contribution in [0.3, 0.4) is 0 Å². The van der Waals surface area contributed by atoms with Gasteiger partial charge in [-0.25, -0.2) is 9.40 Å². The van der Waals surface area contributed by atoms with Crippen LogP contribution in [0, 0.1) is 23.6 Å². The summed E-state index contributed by atoms with van der Waals surface area (Å²) in [5, 5.41) is 9.47. The fraction of sp³-hybridized carbons (Fsp3) is 0.417. The van der Waals surface area contributed by atoms with Crippen LogP contribution in [0.25, 0.3) is 0 Å². The van der Waals surface area contributed by atoms with E-state index in [4.69, 9.17) is 28.3 Å². The van der Waals surface area contributed by atoms with Gasteiger partial charge in [0.15, 0.2) is 0 Å². The zero-order valence-corrected chi connectivity index (χ0v) is 20.5. The van der Waals surface area contributed by atoms with Crippen molar-refractivity contribution in [1.29, 1.82) is 0 Å². The normalized spacial score (nSPS) is 26.7. The number of nitrogens with zero attached hydrogens (tertiary/aromatic N) is 3. The minimum absolute atomic E-state index is 0. The van der Waals surface area contributed by atoms with Gasteiger partial charge in [0.1, 0.15) is 11.5 Å². The molecular weight excluding hydrogens is 486 g/mol. The molecule has 1 N–H and O–H groups in total. The zero-order valence-electron chi connectivity index (χ0n) is 18.2. The Balaban J connectivity index is 0.00000259. The molecule has 1 saturated heterocycles. The molecule has 5 nitrogen and oxygen atoms in total. The van der Waals surface area contributed by atoms with Crippen LogP contribution in [0.1, 0.15) is 37.8 Å². The molecule has 176 valence electrons. The van der Waals surface area contributed by atoms with Crippen LogP contribution in [-0.4, -0.2) is 29.7 Å². The van der Waals surface area contributed by atoms with Gasteiger partial charge in [-0.1, -0.05) is 48.7 Å². The van der Waals surface area contributed by atoms with E-state index in [1.165, 1.54) is 31.4 Å². The molecule has 9 heteroatoms. The largest absolute Gasteiger partial charge is 0.284 e. The van der Waals surface area contributed by atoms with Gasteiger partial charge in [0.2, 0.25) is 0 Å². The van der Waals surface area contributed by atoms with Gasteiger partial charge < -0.3 is 0 Å². The van der Waals surface area contributed by atoms with E-state index in [1.807, 2.05) is 11.9 Å². The summed E-state index contributed by atoms with van der Waals surface area (Å²) in [6, 6.07) is 11.2. The lowest BCUT2D eigenvalue weighted by molar-refractivity contribution is -0.119. The van der Waals surface area contributed by atoms with Crippen LogP contribution >= 0.6 is 35.6 Å². The zero-order chi connectivity index (χ0) is 22.4. The van der Waals surface area contributed by atoms with Crippen LogP contribution in [0.15, 0.2) is 47.6 Å². The Hall–Kier alpha value is -1.86. The molecule has 0 spiro atoms. The number of nitrogens with one attached hydrogen (secondary N) is 1. The monoisotopic (exact) mass is 510 g/mol. The van der Waals surface area contributed by atoms with E-state index >= 15 is 0 Å². The molecule has 1 amide bonds. The quantitative estimate of drug-likeness (QED) is 0.558. The van der Waals surface area contributed by atoms with Gasteiger partial charge >= 0.3 is 0 Å². The van der Waals surface area contributed by atoms with Crippen molar-refractivity contribution in [3.63, 3.8) is 0 Å². The maximum atomic E-state index is 13.6. The van der Waals surface area contributed by atoms with E-state index in [9.17, 15) is 9.18 Å². The average Bonchev–Trinajstić information content (AvgIpc) is 3.42. The van der Waals surface area contributed by atoms with Crippen LogP contribution in [-0.2, 0) is 4.79 Å². The number of rotatable bonds is 4. The number of benzene rings is 2. The minimum atomic E-state index is -0.311. The maximum Gasteiger partial charge on any atom is 0.282 e. The number of carbonyl (C=O) groups excluding carboxylic acids is 1. The lowest BCUT2D eigenvalue weighted by atomic mass is 9.91. The summed E-state index contributed by atoms with van der Waals surface area (Å²) in [6.07, 6.45) is 3.77. The van der Waals surface area contributed by atoms with Crippen LogP contribution in [0.2, 0.25) is 10.0 Å². The molecule has 0 radical (unpaired) electrons. The molecule has 4 atom stereocenters. The second kappa shape index (κ2) is 9.79. The lowest BCUT2D eigenvalue weighted by Crippen LogP contribution is -2.45. The van der Waals surface area contributed by atoms with Crippen molar-refractivity contribution in [2.24, 2.45) is 22.9 Å². The number of hydrazine groups is 1. The summed E-state index contributed by atoms with van der Waals surface area (Å²) < 4.78 is 13.6. The molecule has 2 aliphatic heterocycles. The Bertz CT molecular complexity index is 1050. The summed E-state index contributed by atoms with van der Waals surface area (Å²) in [5.74, 6) is 0.615. The Morgan fingerprint density at radius 3 is 2.39 bits per heavy atom. The number of amides is 1. The van der Waals surface area contributed by atoms with Crippen LogP contribution in [0.4, 0.5) is 10.1 Å². The molecule has 0 aromatic heterocycles. The minimum Gasteiger partial charge on any atom is -0.284 e. The summed E-state index contributed by atoms with van der Waals surface area (Å²) in [7, 11) is 0. The van der Waals surface area contributed by atoms with Gasteiger partial charge in [0.25, 0.3) is 5.91 Å². The summed E-state index contributed by atoms with van der Waals surface area (Å²) >= 11 is 12.6. The predicted molar refractivity (Wildman–Crippen MR) is 132 cm³/mol. The first kappa shape index (κ1) is 24.3. The molecular formula is C24H26Cl3FN4O. The molecule has 0 bridgehead atoms. The fourth-order valence-electron chi connectivity index (χ4n) is 5.37. The average molecular weight is 512 g/mol. The number of hydrogen-bond donors (Lipinski definition) is 1. The first-order valence-corrected chi connectivity index (χ1v) is 11.8. The molecule has 2 heterocycles. The molecule has 2 fully saturated rings. The number of halogens is 4. The van der Waals surface area contributed by atoms with Crippen molar-refractivity contribution in [2.75, 3.05) is 18.1 Å². The van der Waals surface area contributed by atoms with E-state index in [-0.39, 0.29) is 36.1 Å². The Morgan fingerprint density at radius 1 is 1.09 bits per heavy atom. The van der Waals surface area contributed by atoms with Crippen LogP contribution < -0.4 is 10.4 Å². The van der Waals surface area contributed by atoms with E-state index in [0.29, 0.717) is 33.3 Å². The smallest absolute Gasteiger partial charge is 0.282 e. The second-order valence-electron chi connectivity index (χ2n) is 9.01. The Morgan fingerprint density at radius 2 is 1.76 bits per heavy atom. The van der Waals surface area contributed by atoms with E-state index in [2.05, 4.69) is 5.43 Å². The van der Waals surface area contributed by atoms with Crippen molar-refractivity contribution in [3.05, 3.63) is 63.9 Å². The van der Waals surface area contributed by atoms with Gasteiger partial charge in [0, 0.05) is 24.0 Å². The number of hydrazone groups is 1. The molecule has 1 saturated carbocycles. The van der Waals surface area contributed by atoms with E-state index in [1.54, 1.807) is 35.3 Å². The van der Waals surface area contributed by atoms with Crippen molar-refractivity contribution >= 4 is 52.9 Å². The molecule has 2 aromatic rings. The summed E-state index contributed by atoms with van der Waals surface area (Å²) in [5.41, 5.74) is 5.02. The van der Waals surface area contributed by atoms with E-state index < -0.39 is 0 Å². The number of fused-ring (bicyclic) bond motifs is 1. The van der Waals surface area contributed by atoms with Crippen molar-refractivity contribution in [2.45, 2.75) is 32.2 Å². The van der Waals surface area contributed by atoms with Gasteiger partial charge in [0.05, 0.1) is 16.8 Å². The fourth-order valence-corrected chi connectivity index (χ4v) is 5.87. The lowest BCUT2D eigenvalue weighted by Gasteiger charge is -2.27. The highest BCUT2D eigenvalue weighted by Gasteiger charge is 2.42. The number of carbonyl (C=O) groups is 1. The molecule has 2 unspecified atom stereocenters. The summed E-state index contributed by atoms with van der Waals surface area (Å²) in [6.45, 7) is 3.76. The molecule has 1 aliphatic carbocycles. The van der Waals surface area contributed by atoms with E-state index in [0.717, 1.165) is 18.7 Å². The van der Waals surface area contributed by atoms with Crippen molar-refractivity contribution in [1.82, 2.24) is 10.4 Å². The Labute approximate surface area is 209 Å². The van der Waals surface area contributed by atoms with Crippen molar-refractivity contribution < 1.29 is 9.18 Å². The first-order valence-electron chi connectivity index (χ1n) is 11.0. The molecule has 3 aliphatic rings. The topological polar surface area (TPSA) is 47.9 Å². The molecule has 33 heavy (non-hydrogen) atoms. The maximum absolute atomic E-state index is 13.6. The highest BCUT2D eigenvalue weighted by atomic mass is 35.5. The SMILES string of the molecule is C[C@@H]1C(C(=O)NN2CC3CCCC3C2)=NN(c2ccc(Cl)cc2Cl)[C@@H]1c1ccc(F)cc1.Cl. The number of hydrogen-bond acceptors (Lipinski definition) is 4. The third kappa shape index (κ3) is 4.72. The van der Waals surface area contributed by atoms with Crippen LogP contribution in [0.5, 0.6) is 0 Å². The predicted octanol–water partition coefficient (Wildman–Crippen LogP) is 5.87. The first-order chi connectivity index (χ1) is 15.4. The van der Waals surface area contributed by atoms with Gasteiger partial charge in [-0.15, -0.1) is 12.4 Å². The third-order valence-electron chi connectivity index (χ3n) is 6.97. The molecule has 5 rings (SSSR count). The number of anilines is 1. The van der Waals surface area contributed by atoms with Crippen molar-refractivity contribution in [3.8, 4) is 0 Å². The summed E-state index contributed by atoms with van der Waals surface area (Å²) in [4.78, 5) is 13.3. The van der Waals surface area contributed by atoms with Gasteiger partial charge in [-0.05, 0) is 60.6 Å². The highest BCUT2D eigenvalue weighted by molar-refractivity contribution is 6.41. The standard InChI is InChI=1S/C24H25Cl2FN4O.ClH/c1-14-22(24(32)29-30-12-16-3-2-4-17(16)13-30)28-31(21-10-7-18(25)11-20(21)26)23(14)15-5-8-19(27)9-6-15;/h5-11,14,16-17,23H,2-4,12-13H2,1H3,(H,29,32);1H/t14-,16?,17?,23+;/m1./s1. The van der Waals surface area contributed by atoms with Gasteiger partial charge in [-0.3, -0.25) is 15.2 Å². The van der Waals surface area contributed by atoms with Gasteiger partial charge in [-0.2, -0.15) is 5.10 Å². The highest BCUT2D eigenvalue weighted by Crippen LogP contribution is 2.42. The molecule has 2 aromatic carbocycles.